The van der Waals surface area contributed by atoms with E-state index < -0.39 is 10.5 Å². The van der Waals surface area contributed by atoms with E-state index in [-0.39, 0.29) is 23.9 Å². The molecule has 36 heavy (non-hydrogen) atoms. The number of rotatable bonds is 6. The van der Waals surface area contributed by atoms with Crippen LogP contribution in [-0.4, -0.2) is 27.4 Å². The Morgan fingerprint density at radius 3 is 2.72 bits per heavy atom. The Morgan fingerprint density at radius 1 is 1.14 bits per heavy atom. The van der Waals surface area contributed by atoms with Crippen LogP contribution in [0.4, 0.5) is 5.69 Å². The number of nitrogens with zero attached hydrogens (tertiary/aromatic N) is 4. The first-order chi connectivity index (χ1) is 17.4. The predicted molar refractivity (Wildman–Crippen MR) is 144 cm³/mol. The van der Waals surface area contributed by atoms with Crippen molar-refractivity contribution in [3.63, 3.8) is 0 Å². The predicted octanol–water partition coefficient (Wildman–Crippen LogP) is 6.52. The molecule has 9 nitrogen and oxygen atoms in total. The molecule has 0 amide bonds. The molecular formula is C25H16Br2N4O5. The third-order valence-electron chi connectivity index (χ3n) is 5.31. The highest BCUT2D eigenvalue weighted by molar-refractivity contribution is 9.10. The highest BCUT2D eigenvalue weighted by atomic mass is 79.9. The zero-order valence-corrected chi connectivity index (χ0v) is 21.8. The molecule has 180 valence electrons. The molecule has 2 aromatic heterocycles. The van der Waals surface area contributed by atoms with Crippen LogP contribution in [0, 0.1) is 10.1 Å². The van der Waals surface area contributed by atoms with Gasteiger partial charge in [-0.05, 0) is 49.4 Å². The van der Waals surface area contributed by atoms with E-state index in [1.165, 1.54) is 12.3 Å². The summed E-state index contributed by atoms with van der Waals surface area (Å²) in [4.78, 5) is 29.2. The lowest BCUT2D eigenvalue weighted by atomic mass is 10.2. The number of halogens is 2. The third-order valence-corrected chi connectivity index (χ3v) is 6.26. The van der Waals surface area contributed by atoms with Gasteiger partial charge in [-0.15, -0.1) is 0 Å². The van der Waals surface area contributed by atoms with Crippen LogP contribution in [0.5, 0.6) is 5.75 Å². The Balaban J connectivity index is 1.74. The van der Waals surface area contributed by atoms with Crippen molar-refractivity contribution in [3.05, 3.63) is 95.6 Å². The van der Waals surface area contributed by atoms with Crippen molar-refractivity contribution in [2.75, 3.05) is 6.61 Å². The van der Waals surface area contributed by atoms with Crippen LogP contribution in [0.25, 0.3) is 33.5 Å². The molecule has 0 aliphatic carbocycles. The molecule has 0 unspecified atom stereocenters. The second kappa shape index (κ2) is 9.67. The molecule has 0 radical (unpaired) electrons. The molecule has 0 spiro atoms. The number of fused-ring (bicyclic) bond motifs is 2. The topological polar surface area (TPSA) is 113 Å². The largest absolute Gasteiger partial charge is 0.487 e. The lowest BCUT2D eigenvalue weighted by molar-refractivity contribution is -0.385. The van der Waals surface area contributed by atoms with E-state index in [1.54, 1.807) is 43.3 Å². The summed E-state index contributed by atoms with van der Waals surface area (Å²) in [6.07, 6.45) is 1.34. The zero-order chi connectivity index (χ0) is 25.4. The Bertz CT molecular complexity index is 1740. The van der Waals surface area contributed by atoms with Gasteiger partial charge in [0.05, 0.1) is 28.6 Å². The maximum absolute atomic E-state index is 13.5. The highest BCUT2D eigenvalue weighted by Gasteiger charge is 2.21. The number of ether oxygens (including phenoxy) is 1. The Kier molecular flexibility index (Phi) is 6.42. The minimum absolute atomic E-state index is 0.0476. The maximum atomic E-state index is 13.5. The van der Waals surface area contributed by atoms with Crippen LogP contribution < -0.4 is 10.3 Å². The van der Waals surface area contributed by atoms with Crippen LogP contribution in [0.2, 0.25) is 0 Å². The quantitative estimate of drug-likeness (QED) is 0.123. The molecule has 0 aliphatic rings. The lowest BCUT2D eigenvalue weighted by Gasteiger charge is -2.10. The van der Waals surface area contributed by atoms with E-state index in [1.807, 2.05) is 18.2 Å². The molecular weight excluding hydrogens is 596 g/mol. The zero-order valence-electron chi connectivity index (χ0n) is 18.6. The number of nitro benzene ring substituents is 1. The summed E-state index contributed by atoms with van der Waals surface area (Å²) in [6, 6.07) is 17.2. The van der Waals surface area contributed by atoms with E-state index in [0.717, 1.165) is 14.5 Å². The summed E-state index contributed by atoms with van der Waals surface area (Å²) in [5.74, 6) is 0.574. The van der Waals surface area contributed by atoms with Crippen molar-refractivity contribution in [1.82, 2.24) is 9.66 Å². The van der Waals surface area contributed by atoms with E-state index in [0.29, 0.717) is 32.3 Å². The van der Waals surface area contributed by atoms with Gasteiger partial charge >= 0.3 is 5.69 Å². The smallest absolute Gasteiger partial charge is 0.312 e. The summed E-state index contributed by atoms with van der Waals surface area (Å²) >= 11 is 6.74. The van der Waals surface area contributed by atoms with Crippen molar-refractivity contribution < 1.29 is 14.1 Å². The van der Waals surface area contributed by atoms with Gasteiger partial charge in [-0.25, -0.2) is 4.98 Å². The van der Waals surface area contributed by atoms with Gasteiger partial charge in [0, 0.05) is 26.0 Å². The van der Waals surface area contributed by atoms with Gasteiger partial charge in [0.1, 0.15) is 5.58 Å². The van der Waals surface area contributed by atoms with Crippen LogP contribution in [0.15, 0.2) is 83.9 Å². The summed E-state index contributed by atoms with van der Waals surface area (Å²) < 4.78 is 14.0. The molecule has 3 aromatic carbocycles. The lowest BCUT2D eigenvalue weighted by Crippen LogP contribution is -2.20. The number of furan rings is 1. The Hall–Kier alpha value is -3.83. The second-order valence-corrected chi connectivity index (χ2v) is 9.47. The summed E-state index contributed by atoms with van der Waals surface area (Å²) in [5, 5.41) is 17.2. The molecule has 5 aromatic rings. The number of para-hydroxylation sites is 1. The Labute approximate surface area is 220 Å². The molecule has 5 rings (SSSR count). The molecule has 0 atom stereocenters. The highest BCUT2D eigenvalue weighted by Crippen LogP contribution is 2.34. The average molecular weight is 612 g/mol. The van der Waals surface area contributed by atoms with Gasteiger partial charge in [-0.1, -0.05) is 44.0 Å². The minimum atomic E-state index is -0.533. The number of benzene rings is 3. The fraction of sp³-hybridized carbons (Fsp3) is 0.0800. The first-order valence-corrected chi connectivity index (χ1v) is 12.3. The number of hydrogen-bond acceptors (Lipinski definition) is 7. The van der Waals surface area contributed by atoms with Gasteiger partial charge < -0.3 is 9.15 Å². The van der Waals surface area contributed by atoms with Crippen LogP contribution in [0.3, 0.4) is 0 Å². The van der Waals surface area contributed by atoms with Gasteiger partial charge in [0.2, 0.25) is 11.6 Å². The van der Waals surface area contributed by atoms with Gasteiger partial charge in [-0.3, -0.25) is 14.9 Å². The van der Waals surface area contributed by atoms with Gasteiger partial charge in [-0.2, -0.15) is 9.78 Å². The summed E-state index contributed by atoms with van der Waals surface area (Å²) in [7, 11) is 0. The van der Waals surface area contributed by atoms with E-state index in [4.69, 9.17) is 9.15 Å². The van der Waals surface area contributed by atoms with E-state index in [9.17, 15) is 14.9 Å². The first kappa shape index (κ1) is 23.9. The minimum Gasteiger partial charge on any atom is -0.487 e. The molecule has 11 heteroatoms. The average Bonchev–Trinajstić information content (AvgIpc) is 3.27. The molecule has 0 bridgehead atoms. The third kappa shape index (κ3) is 4.42. The van der Waals surface area contributed by atoms with Gasteiger partial charge in [0.15, 0.2) is 5.76 Å². The fourth-order valence-corrected chi connectivity index (χ4v) is 4.61. The molecule has 0 saturated heterocycles. The van der Waals surface area contributed by atoms with Crippen LogP contribution in [0.1, 0.15) is 12.5 Å². The monoisotopic (exact) mass is 610 g/mol. The molecule has 0 N–H and O–H groups in total. The number of nitro groups is 1. The van der Waals surface area contributed by atoms with Crippen molar-refractivity contribution >= 4 is 65.6 Å². The molecule has 0 saturated carbocycles. The molecule has 0 fully saturated rings. The standard InChI is InChI=1S/C25H16Br2N4O5/c1-2-35-23-15(10-17(27)12-20(23)31(33)34)13-28-30-24(29-19-6-4-3-5-18(19)25(30)32)22-11-14-9-16(26)7-8-21(14)36-22/h3-13H,2H2,1H3. The van der Waals surface area contributed by atoms with Crippen LogP contribution >= 0.6 is 31.9 Å². The van der Waals surface area contributed by atoms with E-state index >= 15 is 0 Å². The van der Waals surface area contributed by atoms with Crippen molar-refractivity contribution in [1.29, 1.82) is 0 Å². The Morgan fingerprint density at radius 2 is 1.94 bits per heavy atom. The molecule has 0 aliphatic heterocycles. The number of hydrogen-bond donors (Lipinski definition) is 0. The first-order valence-electron chi connectivity index (χ1n) is 10.7. The van der Waals surface area contributed by atoms with Gasteiger partial charge in [0.25, 0.3) is 5.56 Å². The number of aromatic nitrogens is 2. The van der Waals surface area contributed by atoms with Crippen molar-refractivity contribution in [3.8, 4) is 17.3 Å². The van der Waals surface area contributed by atoms with E-state index in [2.05, 4.69) is 41.9 Å². The molecule has 2 heterocycles. The SMILES string of the molecule is CCOc1c(C=Nn2c(-c3cc4cc(Br)ccc4o3)nc3ccccc3c2=O)cc(Br)cc1[N+](=O)[O-]. The summed E-state index contributed by atoms with van der Waals surface area (Å²) in [6.45, 7) is 1.93. The fourth-order valence-electron chi connectivity index (χ4n) is 3.77. The van der Waals surface area contributed by atoms with Crippen molar-refractivity contribution in [2.24, 2.45) is 5.10 Å². The van der Waals surface area contributed by atoms with Crippen molar-refractivity contribution in [2.45, 2.75) is 6.92 Å². The van der Waals surface area contributed by atoms with Crippen LogP contribution in [-0.2, 0) is 0 Å². The second-order valence-electron chi connectivity index (χ2n) is 7.64. The normalized spacial score (nSPS) is 11.5. The maximum Gasteiger partial charge on any atom is 0.312 e. The summed E-state index contributed by atoms with van der Waals surface area (Å²) in [5.41, 5.74) is 0.777.